The summed E-state index contributed by atoms with van der Waals surface area (Å²) < 4.78 is 34.9. The zero-order chi connectivity index (χ0) is 23.8. The lowest BCUT2D eigenvalue weighted by Gasteiger charge is -2.22. The van der Waals surface area contributed by atoms with Gasteiger partial charge < -0.3 is 10.1 Å². The molecule has 1 heterocycles. The predicted octanol–water partition coefficient (Wildman–Crippen LogP) is 3.34. The van der Waals surface area contributed by atoms with E-state index in [2.05, 4.69) is 20.8 Å². The molecule has 0 saturated heterocycles. The molecular weight excluding hydrogens is 464 g/mol. The third kappa shape index (κ3) is 6.24. The van der Waals surface area contributed by atoms with Crippen LogP contribution in [0.25, 0.3) is 0 Å². The smallest absolute Gasteiger partial charge is 0.246 e. The summed E-state index contributed by atoms with van der Waals surface area (Å²) in [5.41, 5.74) is 0.390. The van der Waals surface area contributed by atoms with E-state index in [9.17, 15) is 13.2 Å². The Hall–Kier alpha value is -2.18. The van der Waals surface area contributed by atoms with Gasteiger partial charge in [0, 0.05) is 18.8 Å². The highest BCUT2D eigenvalue weighted by atomic mass is 32.2. The third-order valence-electron chi connectivity index (χ3n) is 5.57. The van der Waals surface area contributed by atoms with Crippen molar-refractivity contribution in [1.29, 1.82) is 0 Å². The van der Waals surface area contributed by atoms with Crippen LogP contribution in [0, 0.1) is 0 Å². The quantitative estimate of drug-likeness (QED) is 0.471. The fourth-order valence-corrected chi connectivity index (χ4v) is 6.29. The number of tetrazole rings is 1. The van der Waals surface area contributed by atoms with E-state index in [4.69, 9.17) is 4.74 Å². The number of benzene rings is 1. The Morgan fingerprint density at radius 2 is 1.94 bits per heavy atom. The number of sulfonamides is 1. The van der Waals surface area contributed by atoms with Crippen LogP contribution in [-0.2, 0) is 14.8 Å². The molecule has 1 aliphatic rings. The summed E-state index contributed by atoms with van der Waals surface area (Å²) in [5.74, 6) is 0.107. The van der Waals surface area contributed by atoms with Crippen LogP contribution in [-0.4, -0.2) is 64.3 Å². The van der Waals surface area contributed by atoms with Gasteiger partial charge in [0.2, 0.25) is 21.1 Å². The van der Waals surface area contributed by atoms with E-state index < -0.39 is 10.0 Å². The van der Waals surface area contributed by atoms with E-state index >= 15 is 0 Å². The average molecular weight is 497 g/mol. The number of aromatic nitrogens is 4. The lowest BCUT2D eigenvalue weighted by atomic mass is 9.96. The summed E-state index contributed by atoms with van der Waals surface area (Å²) >= 11 is 1.27. The minimum absolute atomic E-state index is 0.0414. The topological polar surface area (TPSA) is 119 Å². The van der Waals surface area contributed by atoms with Gasteiger partial charge in [0.05, 0.1) is 18.4 Å². The van der Waals surface area contributed by atoms with Gasteiger partial charge >= 0.3 is 0 Å². The maximum Gasteiger partial charge on any atom is 0.246 e. The van der Waals surface area contributed by atoms with Gasteiger partial charge in [0.15, 0.2) is 0 Å². The summed E-state index contributed by atoms with van der Waals surface area (Å²) in [6.45, 7) is 6.37. The van der Waals surface area contributed by atoms with Crippen LogP contribution in [0.2, 0.25) is 0 Å². The lowest BCUT2D eigenvalue weighted by Crippen LogP contribution is -2.31. The Bertz CT molecular complexity index is 1030. The standard InChI is InChI=1S/C21H32N6O4S2/c1-4-26(5-2)33(29,30)19-14-16(12-13-18(19)31-6-3)22-20(28)15-32-21-23-24-25-27(21)17-10-8-7-9-11-17/h12-14,17H,4-11,15H2,1-3H3,(H,22,28). The molecule has 1 amide bonds. The first-order chi connectivity index (χ1) is 15.9. The summed E-state index contributed by atoms with van der Waals surface area (Å²) in [6, 6.07) is 4.94. The first kappa shape index (κ1) is 25.4. The first-order valence-corrected chi connectivity index (χ1v) is 13.8. The SMILES string of the molecule is CCOc1ccc(NC(=O)CSc2nnnn2C2CCCCC2)cc1S(=O)(=O)N(CC)CC. The van der Waals surface area contributed by atoms with Crippen molar-refractivity contribution in [2.45, 2.75) is 69.0 Å². The zero-order valence-electron chi connectivity index (χ0n) is 19.4. The molecule has 0 radical (unpaired) electrons. The molecule has 0 bridgehead atoms. The van der Waals surface area contributed by atoms with E-state index in [-0.39, 0.29) is 28.3 Å². The minimum atomic E-state index is -3.76. The van der Waals surface area contributed by atoms with Crippen LogP contribution in [0.3, 0.4) is 0 Å². The highest BCUT2D eigenvalue weighted by Crippen LogP contribution is 2.31. The second-order valence-corrected chi connectivity index (χ2v) is 10.6. The number of hydrogen-bond acceptors (Lipinski definition) is 8. The Labute approximate surface area is 199 Å². The molecule has 1 saturated carbocycles. The second kappa shape index (κ2) is 11.8. The molecule has 1 N–H and O–H groups in total. The number of carbonyl (C=O) groups is 1. The molecule has 0 spiro atoms. The molecule has 182 valence electrons. The van der Waals surface area contributed by atoms with Crippen molar-refractivity contribution in [3.63, 3.8) is 0 Å². The number of rotatable bonds is 11. The van der Waals surface area contributed by atoms with Crippen LogP contribution in [0.4, 0.5) is 5.69 Å². The first-order valence-electron chi connectivity index (χ1n) is 11.4. The van der Waals surface area contributed by atoms with Gasteiger partial charge in [-0.05, 0) is 48.4 Å². The minimum Gasteiger partial charge on any atom is -0.492 e. The second-order valence-electron chi connectivity index (χ2n) is 7.72. The van der Waals surface area contributed by atoms with Gasteiger partial charge in [-0.25, -0.2) is 13.1 Å². The number of carbonyl (C=O) groups excluding carboxylic acids is 1. The van der Waals surface area contributed by atoms with Crippen molar-refractivity contribution in [3.8, 4) is 5.75 Å². The van der Waals surface area contributed by atoms with Crippen LogP contribution < -0.4 is 10.1 Å². The van der Waals surface area contributed by atoms with Gasteiger partial charge in [-0.2, -0.15) is 4.31 Å². The summed E-state index contributed by atoms with van der Waals surface area (Å²) in [7, 11) is -3.76. The highest BCUT2D eigenvalue weighted by molar-refractivity contribution is 7.99. The summed E-state index contributed by atoms with van der Waals surface area (Å²) in [5, 5.41) is 15.4. The molecule has 0 atom stereocenters. The molecule has 2 aromatic rings. The number of nitrogens with one attached hydrogen (secondary N) is 1. The van der Waals surface area contributed by atoms with Crippen molar-refractivity contribution < 1.29 is 17.9 Å². The largest absolute Gasteiger partial charge is 0.492 e. The highest BCUT2D eigenvalue weighted by Gasteiger charge is 2.26. The van der Waals surface area contributed by atoms with E-state index in [0.717, 1.165) is 25.7 Å². The molecule has 1 aliphatic carbocycles. The van der Waals surface area contributed by atoms with Gasteiger partial charge in [-0.15, -0.1) is 5.10 Å². The van der Waals surface area contributed by atoms with Crippen molar-refractivity contribution in [3.05, 3.63) is 18.2 Å². The Morgan fingerprint density at radius 3 is 2.61 bits per heavy atom. The van der Waals surface area contributed by atoms with Crippen LogP contribution in [0.5, 0.6) is 5.75 Å². The van der Waals surface area contributed by atoms with Gasteiger partial charge in [0.25, 0.3) is 0 Å². The Balaban J connectivity index is 1.71. The fourth-order valence-electron chi connectivity index (χ4n) is 3.93. The average Bonchev–Trinajstić information content (AvgIpc) is 3.29. The van der Waals surface area contributed by atoms with Crippen molar-refractivity contribution in [1.82, 2.24) is 24.5 Å². The fraction of sp³-hybridized carbons (Fsp3) is 0.619. The molecule has 0 aliphatic heterocycles. The number of ether oxygens (including phenoxy) is 1. The van der Waals surface area contributed by atoms with Crippen molar-refractivity contribution >= 4 is 33.4 Å². The number of amides is 1. The van der Waals surface area contributed by atoms with Crippen molar-refractivity contribution in [2.24, 2.45) is 0 Å². The third-order valence-corrected chi connectivity index (χ3v) is 8.57. The Morgan fingerprint density at radius 1 is 1.21 bits per heavy atom. The number of nitrogens with zero attached hydrogens (tertiary/aromatic N) is 5. The Kier molecular flexibility index (Phi) is 9.10. The van der Waals surface area contributed by atoms with Crippen LogP contribution >= 0.6 is 11.8 Å². The van der Waals surface area contributed by atoms with E-state index in [1.165, 1.54) is 28.6 Å². The van der Waals surface area contributed by atoms with E-state index in [1.54, 1.807) is 32.9 Å². The van der Waals surface area contributed by atoms with Gasteiger partial charge in [0.1, 0.15) is 10.6 Å². The maximum atomic E-state index is 13.1. The molecular formula is C21H32N6O4S2. The van der Waals surface area contributed by atoms with Crippen LogP contribution in [0.15, 0.2) is 28.3 Å². The monoisotopic (exact) mass is 496 g/mol. The van der Waals surface area contributed by atoms with E-state index in [0.29, 0.717) is 30.5 Å². The number of hydrogen-bond donors (Lipinski definition) is 1. The van der Waals surface area contributed by atoms with E-state index in [1.807, 2.05) is 4.68 Å². The summed E-state index contributed by atoms with van der Waals surface area (Å²) in [6.07, 6.45) is 5.64. The zero-order valence-corrected chi connectivity index (χ0v) is 21.0. The molecule has 1 fully saturated rings. The normalized spacial score (nSPS) is 15.0. The van der Waals surface area contributed by atoms with Gasteiger partial charge in [-0.1, -0.05) is 44.9 Å². The maximum absolute atomic E-state index is 13.1. The summed E-state index contributed by atoms with van der Waals surface area (Å²) in [4.78, 5) is 12.7. The molecule has 3 rings (SSSR count). The number of anilines is 1. The predicted molar refractivity (Wildman–Crippen MR) is 127 cm³/mol. The van der Waals surface area contributed by atoms with Gasteiger partial charge in [-0.3, -0.25) is 4.79 Å². The molecule has 10 nitrogen and oxygen atoms in total. The lowest BCUT2D eigenvalue weighted by molar-refractivity contribution is -0.113. The molecule has 0 unspecified atom stereocenters. The molecule has 1 aromatic heterocycles. The van der Waals surface area contributed by atoms with Crippen molar-refractivity contribution in [2.75, 3.05) is 30.8 Å². The molecule has 1 aromatic carbocycles. The molecule has 33 heavy (non-hydrogen) atoms. The number of thioether (sulfide) groups is 1. The molecule has 12 heteroatoms. The van der Waals surface area contributed by atoms with Crippen LogP contribution in [0.1, 0.15) is 58.9 Å².